The lowest BCUT2D eigenvalue weighted by Crippen LogP contribution is -2.72. The average molecular weight is 491 g/mol. The molecule has 0 amide bonds. The molecule has 6 heteroatoms. The summed E-state index contributed by atoms with van der Waals surface area (Å²) in [5, 5.41) is 33.5. The first-order chi connectivity index (χ1) is 16.4. The van der Waals surface area contributed by atoms with Crippen LogP contribution in [0, 0.1) is 34.5 Å². The Kier molecular flexibility index (Phi) is 6.27. The van der Waals surface area contributed by atoms with E-state index >= 15 is 0 Å². The first-order valence-electron chi connectivity index (χ1n) is 14.0. The molecule has 198 valence electrons. The highest BCUT2D eigenvalue weighted by Crippen LogP contribution is 2.76. The lowest BCUT2D eigenvalue weighted by atomic mass is 9.44. The van der Waals surface area contributed by atoms with Gasteiger partial charge in [-0.15, -0.1) is 0 Å². The van der Waals surface area contributed by atoms with Crippen LogP contribution < -0.4 is 0 Å². The summed E-state index contributed by atoms with van der Waals surface area (Å²) >= 11 is 0. The molecule has 0 aromatic rings. The van der Waals surface area contributed by atoms with Crippen LogP contribution in [0.5, 0.6) is 0 Å². The number of fused-ring (bicyclic) bond motifs is 3. The predicted molar refractivity (Wildman–Crippen MR) is 132 cm³/mol. The van der Waals surface area contributed by atoms with Crippen molar-refractivity contribution < 1.29 is 29.6 Å². The first-order valence-corrected chi connectivity index (χ1v) is 14.0. The molecule has 35 heavy (non-hydrogen) atoms. The highest BCUT2D eigenvalue weighted by molar-refractivity contribution is 5.67. The molecule has 4 aliphatic carbocycles. The van der Waals surface area contributed by atoms with Crippen LogP contribution in [-0.4, -0.2) is 57.4 Å². The third kappa shape index (κ3) is 3.45. The maximum atomic E-state index is 12.1. The molecule has 6 nitrogen and oxygen atoms in total. The first kappa shape index (κ1) is 25.7. The SMILES string of the molecule is CC(=O)O[C@H]1C=C2[C@@H]3CC[C@H]([C@H](C)CCCC(C)C)[C@@]3(C)C[C@@H]3O[C@@]23[C@@]2(CO)CC[C@H](O)C[C@]12O. The second-order valence-electron chi connectivity index (χ2n) is 13.3. The van der Waals surface area contributed by atoms with Gasteiger partial charge in [0.15, 0.2) is 0 Å². The van der Waals surface area contributed by atoms with Crippen LogP contribution in [0.3, 0.4) is 0 Å². The molecular formula is C29H46O6. The normalized spacial score (nSPS) is 48.8. The molecule has 5 aliphatic rings. The standard InChI is InChI=1S/C29H46O6/c1-17(2)7-6-8-18(3)21-9-10-22-23-13-24(34-19(4)31)28(33)14-20(32)11-12-27(28,16-30)29(23)25(35-29)15-26(21,22)5/h13,17-18,20-22,24-25,30,32-33H,6-12,14-16H2,1-5H3/t18-,20+,21-,22+,24+,25+,26-,27-,28+,29+/m1/s1. The summed E-state index contributed by atoms with van der Waals surface area (Å²) < 4.78 is 12.4. The van der Waals surface area contributed by atoms with Crippen molar-refractivity contribution >= 4 is 5.97 Å². The van der Waals surface area contributed by atoms with Gasteiger partial charge >= 0.3 is 5.97 Å². The Morgan fingerprint density at radius 1 is 1.20 bits per heavy atom. The summed E-state index contributed by atoms with van der Waals surface area (Å²) in [6.07, 6.45) is 8.31. The summed E-state index contributed by atoms with van der Waals surface area (Å²) in [4.78, 5) is 12.1. The molecule has 4 fully saturated rings. The van der Waals surface area contributed by atoms with Crippen LogP contribution in [0.1, 0.15) is 92.4 Å². The Morgan fingerprint density at radius 2 is 1.94 bits per heavy atom. The summed E-state index contributed by atoms with van der Waals surface area (Å²) in [6, 6.07) is 0. The lowest BCUT2D eigenvalue weighted by molar-refractivity contribution is -0.237. The third-order valence-corrected chi connectivity index (χ3v) is 11.0. The summed E-state index contributed by atoms with van der Waals surface area (Å²) in [7, 11) is 0. The number of epoxide rings is 1. The molecule has 5 rings (SSSR count). The van der Waals surface area contributed by atoms with E-state index in [9.17, 15) is 20.1 Å². The van der Waals surface area contributed by atoms with Crippen molar-refractivity contribution in [1.29, 1.82) is 0 Å². The van der Waals surface area contributed by atoms with Gasteiger partial charge < -0.3 is 24.8 Å². The highest BCUT2D eigenvalue weighted by atomic mass is 16.6. The number of hydrogen-bond acceptors (Lipinski definition) is 6. The van der Waals surface area contributed by atoms with Gasteiger partial charge in [-0.2, -0.15) is 0 Å². The summed E-state index contributed by atoms with van der Waals surface area (Å²) in [5.74, 6) is 1.80. The molecule has 0 aromatic carbocycles. The van der Waals surface area contributed by atoms with E-state index < -0.39 is 34.8 Å². The fourth-order valence-corrected chi connectivity index (χ4v) is 9.40. The molecule has 0 unspecified atom stereocenters. The van der Waals surface area contributed by atoms with Crippen molar-refractivity contribution in [3.8, 4) is 0 Å². The van der Waals surface area contributed by atoms with Crippen molar-refractivity contribution in [2.75, 3.05) is 6.61 Å². The monoisotopic (exact) mass is 490 g/mol. The predicted octanol–water partition coefficient (Wildman–Crippen LogP) is 4.15. The Labute approximate surface area is 210 Å². The van der Waals surface area contributed by atoms with Crippen molar-refractivity contribution in [1.82, 2.24) is 0 Å². The molecule has 3 N–H and O–H groups in total. The Bertz CT molecular complexity index is 884. The van der Waals surface area contributed by atoms with E-state index in [0.717, 1.165) is 24.3 Å². The molecule has 1 aliphatic heterocycles. The Morgan fingerprint density at radius 3 is 2.60 bits per heavy atom. The number of aliphatic hydroxyl groups excluding tert-OH is 2. The quantitative estimate of drug-likeness (QED) is 0.282. The number of hydrogen-bond donors (Lipinski definition) is 3. The molecule has 1 heterocycles. The van der Waals surface area contributed by atoms with Gasteiger partial charge in [-0.3, -0.25) is 4.79 Å². The maximum Gasteiger partial charge on any atom is 0.303 e. The molecule has 0 aromatic heterocycles. The largest absolute Gasteiger partial charge is 0.455 e. The molecule has 1 saturated heterocycles. The second-order valence-corrected chi connectivity index (χ2v) is 13.3. The smallest absolute Gasteiger partial charge is 0.303 e. The Balaban J connectivity index is 1.52. The number of carbonyl (C=O) groups is 1. The summed E-state index contributed by atoms with van der Waals surface area (Å²) in [5.41, 5.74) is -2.01. The van der Waals surface area contributed by atoms with E-state index in [2.05, 4.69) is 27.7 Å². The van der Waals surface area contributed by atoms with E-state index in [1.165, 1.54) is 32.6 Å². The molecule has 1 spiro atoms. The van der Waals surface area contributed by atoms with Crippen LogP contribution in [0.25, 0.3) is 0 Å². The van der Waals surface area contributed by atoms with Gasteiger partial charge in [-0.05, 0) is 72.8 Å². The van der Waals surface area contributed by atoms with Crippen LogP contribution in [-0.2, 0) is 14.3 Å². The van der Waals surface area contributed by atoms with Gasteiger partial charge in [-0.25, -0.2) is 0 Å². The second kappa shape index (κ2) is 8.54. The van der Waals surface area contributed by atoms with Gasteiger partial charge in [0.25, 0.3) is 0 Å². The number of carbonyl (C=O) groups excluding carboxylic acids is 1. The fraction of sp³-hybridized carbons (Fsp3) is 0.897. The van der Waals surface area contributed by atoms with Crippen molar-refractivity contribution in [3.05, 3.63) is 11.6 Å². The van der Waals surface area contributed by atoms with E-state index in [-0.39, 0.29) is 30.5 Å². The molecular weight excluding hydrogens is 444 g/mol. The number of ether oxygens (including phenoxy) is 2. The Hall–Kier alpha value is -0.950. The van der Waals surface area contributed by atoms with Crippen molar-refractivity contribution in [2.24, 2.45) is 34.5 Å². The van der Waals surface area contributed by atoms with Crippen LogP contribution in [0.15, 0.2) is 11.6 Å². The van der Waals surface area contributed by atoms with Crippen LogP contribution in [0.4, 0.5) is 0 Å². The van der Waals surface area contributed by atoms with Gasteiger partial charge in [-0.1, -0.05) is 47.0 Å². The van der Waals surface area contributed by atoms with E-state index in [1.807, 2.05) is 6.08 Å². The van der Waals surface area contributed by atoms with Crippen molar-refractivity contribution in [2.45, 2.75) is 122 Å². The van der Waals surface area contributed by atoms with Gasteiger partial charge in [0.2, 0.25) is 0 Å². The van der Waals surface area contributed by atoms with Gasteiger partial charge in [0.1, 0.15) is 17.3 Å². The van der Waals surface area contributed by atoms with E-state index in [1.54, 1.807) is 0 Å². The number of rotatable bonds is 7. The minimum atomic E-state index is -1.56. The number of aliphatic hydroxyl groups is 3. The average Bonchev–Trinajstić information content (AvgIpc) is 3.37. The maximum absolute atomic E-state index is 12.1. The molecule has 0 radical (unpaired) electrons. The van der Waals surface area contributed by atoms with Crippen molar-refractivity contribution in [3.63, 3.8) is 0 Å². The minimum absolute atomic E-state index is 0.0503. The van der Waals surface area contributed by atoms with Crippen LogP contribution in [0.2, 0.25) is 0 Å². The van der Waals surface area contributed by atoms with Gasteiger partial charge in [0, 0.05) is 13.3 Å². The minimum Gasteiger partial charge on any atom is -0.455 e. The molecule has 0 bridgehead atoms. The zero-order chi connectivity index (χ0) is 25.4. The zero-order valence-corrected chi connectivity index (χ0v) is 22.3. The van der Waals surface area contributed by atoms with Gasteiger partial charge in [0.05, 0.1) is 24.2 Å². The number of esters is 1. The molecule has 3 saturated carbocycles. The highest BCUT2D eigenvalue weighted by Gasteiger charge is 2.83. The topological polar surface area (TPSA) is 99.5 Å². The fourth-order valence-electron chi connectivity index (χ4n) is 9.40. The van der Waals surface area contributed by atoms with E-state index in [4.69, 9.17) is 9.47 Å². The lowest BCUT2D eigenvalue weighted by Gasteiger charge is -2.61. The third-order valence-electron chi connectivity index (χ3n) is 11.0. The van der Waals surface area contributed by atoms with E-state index in [0.29, 0.717) is 24.7 Å². The van der Waals surface area contributed by atoms with Crippen LogP contribution >= 0.6 is 0 Å². The molecule has 10 atom stereocenters. The zero-order valence-electron chi connectivity index (χ0n) is 22.3. The summed E-state index contributed by atoms with van der Waals surface area (Å²) in [6.45, 7) is 10.5.